The molecule has 2 N–H and O–H groups in total. The number of aryl methyl sites for hydroxylation is 1. The minimum absolute atomic E-state index is 0.261. The van der Waals surface area contributed by atoms with Gasteiger partial charge in [0.2, 0.25) is 0 Å². The molecule has 2 heterocycles. The molecule has 0 saturated carbocycles. The zero-order valence-corrected chi connectivity index (χ0v) is 15.9. The average molecular weight is 359 g/mol. The average Bonchev–Trinajstić information content (AvgIpc) is 3.02. The zero-order chi connectivity index (χ0) is 18.8. The van der Waals surface area contributed by atoms with Gasteiger partial charge in [0.15, 0.2) is 5.78 Å². The quantitative estimate of drug-likeness (QED) is 0.673. The summed E-state index contributed by atoms with van der Waals surface area (Å²) in [5.41, 5.74) is 7.43. The second-order valence-corrected chi connectivity index (χ2v) is 7.49. The zero-order valence-electron chi connectivity index (χ0n) is 15.9. The maximum absolute atomic E-state index is 12.8. The number of hydrogen-bond acceptors (Lipinski definition) is 3. The fourth-order valence-corrected chi connectivity index (χ4v) is 3.92. The molecular weight excluding hydrogens is 334 g/mol. The number of H-pyrrole nitrogens is 1. The second-order valence-electron chi connectivity index (χ2n) is 7.49. The lowest BCUT2D eigenvalue weighted by atomic mass is 9.89. The third-order valence-electron chi connectivity index (χ3n) is 5.05. The van der Waals surface area contributed by atoms with E-state index >= 15 is 0 Å². The van der Waals surface area contributed by atoms with Crippen molar-refractivity contribution in [2.75, 3.05) is 5.32 Å². The molecule has 1 aliphatic rings. The first-order chi connectivity index (χ1) is 13.1. The van der Waals surface area contributed by atoms with Crippen LogP contribution in [0.15, 0.2) is 48.8 Å². The molecule has 4 rings (SSSR count). The van der Waals surface area contributed by atoms with E-state index in [9.17, 15) is 4.79 Å². The number of carbonyl (C=O) groups excluding carboxylic acids is 1. The number of rotatable bonds is 5. The summed E-state index contributed by atoms with van der Waals surface area (Å²) in [5.74, 6) is 0.261. The van der Waals surface area contributed by atoms with Crippen molar-refractivity contribution in [3.05, 3.63) is 71.2 Å². The highest BCUT2D eigenvalue weighted by Crippen LogP contribution is 2.37. The van der Waals surface area contributed by atoms with E-state index in [0.717, 1.165) is 53.0 Å². The van der Waals surface area contributed by atoms with Gasteiger partial charge in [-0.15, -0.1) is 0 Å². The van der Waals surface area contributed by atoms with E-state index in [2.05, 4.69) is 41.3 Å². The standard InChI is InChI=1S/C23H25N3O/c1-15(2)25-20-14-24-12-11-17(20)23-18(13-16-7-4-3-5-8-16)22-19(26-23)9-6-10-21(22)27/h3-5,7-8,11-12,14-15,25-26H,6,9-10,13H2,1-2H3. The molecule has 0 amide bonds. The van der Waals surface area contributed by atoms with Crippen LogP contribution in [0, 0.1) is 0 Å². The van der Waals surface area contributed by atoms with E-state index in [1.165, 1.54) is 5.56 Å². The summed E-state index contributed by atoms with van der Waals surface area (Å²) in [6, 6.07) is 12.7. The van der Waals surface area contributed by atoms with Crippen LogP contribution in [0.4, 0.5) is 5.69 Å². The molecule has 1 aliphatic carbocycles. The van der Waals surface area contributed by atoms with Crippen molar-refractivity contribution >= 4 is 11.5 Å². The van der Waals surface area contributed by atoms with Gasteiger partial charge in [-0.2, -0.15) is 0 Å². The number of benzene rings is 1. The molecule has 0 aliphatic heterocycles. The Bertz CT molecular complexity index is 957. The predicted molar refractivity (Wildman–Crippen MR) is 109 cm³/mol. The van der Waals surface area contributed by atoms with Gasteiger partial charge in [0, 0.05) is 41.9 Å². The van der Waals surface area contributed by atoms with E-state index in [0.29, 0.717) is 12.5 Å². The SMILES string of the molecule is CC(C)Nc1cnccc1-c1[nH]c2c(c1Cc1ccccc1)C(=O)CCC2. The number of carbonyl (C=O) groups is 1. The topological polar surface area (TPSA) is 57.8 Å². The second kappa shape index (κ2) is 7.39. The first-order valence-electron chi connectivity index (χ1n) is 9.65. The molecule has 0 radical (unpaired) electrons. The normalized spacial score (nSPS) is 13.7. The molecule has 2 aromatic heterocycles. The monoisotopic (exact) mass is 359 g/mol. The number of Topliss-reactive ketones (excluding diaryl/α,β-unsaturated/α-hetero) is 1. The van der Waals surface area contributed by atoms with Crippen molar-refractivity contribution in [3.8, 4) is 11.3 Å². The van der Waals surface area contributed by atoms with Crippen LogP contribution in [0.5, 0.6) is 0 Å². The van der Waals surface area contributed by atoms with Gasteiger partial charge in [-0.3, -0.25) is 9.78 Å². The first kappa shape index (κ1) is 17.5. The Morgan fingerprint density at radius 3 is 2.74 bits per heavy atom. The lowest BCUT2D eigenvalue weighted by molar-refractivity contribution is 0.0971. The number of nitrogens with zero attached hydrogens (tertiary/aromatic N) is 1. The number of aromatic amines is 1. The largest absolute Gasteiger partial charge is 0.381 e. The Morgan fingerprint density at radius 1 is 1.15 bits per heavy atom. The molecule has 0 fully saturated rings. The minimum atomic E-state index is 0.261. The van der Waals surface area contributed by atoms with Gasteiger partial charge in [0.25, 0.3) is 0 Å². The van der Waals surface area contributed by atoms with Crippen LogP contribution < -0.4 is 5.32 Å². The van der Waals surface area contributed by atoms with Crippen LogP contribution in [0.2, 0.25) is 0 Å². The lowest BCUT2D eigenvalue weighted by Gasteiger charge is -2.15. The van der Waals surface area contributed by atoms with E-state index < -0.39 is 0 Å². The smallest absolute Gasteiger partial charge is 0.165 e. The minimum Gasteiger partial charge on any atom is -0.381 e. The predicted octanol–water partition coefficient (Wildman–Crippen LogP) is 5.01. The van der Waals surface area contributed by atoms with Gasteiger partial charge in [-0.1, -0.05) is 30.3 Å². The number of ketones is 1. The highest BCUT2D eigenvalue weighted by atomic mass is 16.1. The Morgan fingerprint density at radius 2 is 1.96 bits per heavy atom. The molecule has 0 unspecified atom stereocenters. The molecule has 1 aromatic carbocycles. The number of anilines is 1. The molecule has 0 saturated heterocycles. The fourth-order valence-electron chi connectivity index (χ4n) is 3.92. The number of aromatic nitrogens is 2. The summed E-state index contributed by atoms with van der Waals surface area (Å²) >= 11 is 0. The van der Waals surface area contributed by atoms with Gasteiger partial charge >= 0.3 is 0 Å². The van der Waals surface area contributed by atoms with Crippen molar-refractivity contribution in [3.63, 3.8) is 0 Å². The van der Waals surface area contributed by atoms with Crippen molar-refractivity contribution in [2.45, 2.75) is 45.6 Å². The number of pyridine rings is 1. The van der Waals surface area contributed by atoms with Crippen LogP contribution >= 0.6 is 0 Å². The number of nitrogens with one attached hydrogen (secondary N) is 2. The van der Waals surface area contributed by atoms with E-state index in [-0.39, 0.29) is 5.78 Å². The van der Waals surface area contributed by atoms with Crippen LogP contribution in [-0.4, -0.2) is 21.8 Å². The molecule has 27 heavy (non-hydrogen) atoms. The molecule has 4 heteroatoms. The van der Waals surface area contributed by atoms with Crippen LogP contribution in [0.3, 0.4) is 0 Å². The summed E-state index contributed by atoms with van der Waals surface area (Å²) in [5, 5.41) is 3.49. The molecule has 138 valence electrons. The Balaban J connectivity index is 1.87. The Kier molecular flexibility index (Phi) is 4.80. The maximum Gasteiger partial charge on any atom is 0.165 e. The lowest BCUT2D eigenvalue weighted by Crippen LogP contribution is -2.12. The van der Waals surface area contributed by atoms with Gasteiger partial charge in [-0.25, -0.2) is 0 Å². The summed E-state index contributed by atoms with van der Waals surface area (Å²) in [6.45, 7) is 4.23. The molecule has 0 spiro atoms. The van der Waals surface area contributed by atoms with Gasteiger partial charge in [0.05, 0.1) is 17.6 Å². The van der Waals surface area contributed by atoms with Gasteiger partial charge in [0.1, 0.15) is 0 Å². The summed E-state index contributed by atoms with van der Waals surface area (Å²) in [6.07, 6.45) is 6.92. The van der Waals surface area contributed by atoms with E-state index in [4.69, 9.17) is 0 Å². The van der Waals surface area contributed by atoms with Crippen LogP contribution in [-0.2, 0) is 12.8 Å². The van der Waals surface area contributed by atoms with Gasteiger partial charge in [-0.05, 0) is 43.9 Å². The molecule has 0 bridgehead atoms. The molecule has 0 atom stereocenters. The fraction of sp³-hybridized carbons (Fsp3) is 0.304. The molecule has 3 aromatic rings. The van der Waals surface area contributed by atoms with Crippen LogP contribution in [0.25, 0.3) is 11.3 Å². The van der Waals surface area contributed by atoms with E-state index in [1.807, 2.05) is 36.7 Å². The third-order valence-corrected chi connectivity index (χ3v) is 5.05. The highest BCUT2D eigenvalue weighted by molar-refractivity contribution is 6.02. The summed E-state index contributed by atoms with van der Waals surface area (Å²) in [7, 11) is 0. The van der Waals surface area contributed by atoms with Crippen molar-refractivity contribution in [1.29, 1.82) is 0 Å². The van der Waals surface area contributed by atoms with Crippen molar-refractivity contribution in [1.82, 2.24) is 9.97 Å². The van der Waals surface area contributed by atoms with Crippen molar-refractivity contribution < 1.29 is 4.79 Å². The number of fused-ring (bicyclic) bond motifs is 1. The van der Waals surface area contributed by atoms with E-state index in [1.54, 1.807) is 0 Å². The van der Waals surface area contributed by atoms with Gasteiger partial charge < -0.3 is 10.3 Å². The summed E-state index contributed by atoms with van der Waals surface area (Å²) < 4.78 is 0. The number of hydrogen-bond donors (Lipinski definition) is 2. The molecule has 4 nitrogen and oxygen atoms in total. The van der Waals surface area contributed by atoms with Crippen molar-refractivity contribution in [2.24, 2.45) is 0 Å². The Hall–Kier alpha value is -2.88. The Labute approximate surface area is 160 Å². The maximum atomic E-state index is 12.8. The molecular formula is C23H25N3O. The van der Waals surface area contributed by atoms with Crippen LogP contribution in [0.1, 0.15) is 53.9 Å². The summed E-state index contributed by atoms with van der Waals surface area (Å²) in [4.78, 5) is 20.6. The first-order valence-corrected chi connectivity index (χ1v) is 9.65. The highest BCUT2D eigenvalue weighted by Gasteiger charge is 2.27. The third kappa shape index (κ3) is 3.52.